The van der Waals surface area contributed by atoms with Crippen molar-refractivity contribution in [1.82, 2.24) is 14.8 Å². The maximum Gasteiger partial charge on any atom is 0.225 e. The molecule has 21 heavy (non-hydrogen) atoms. The number of hydrogen-bond donors (Lipinski definition) is 1. The summed E-state index contributed by atoms with van der Waals surface area (Å²) in [5.41, 5.74) is 0.694. The molecule has 1 N–H and O–H groups in total. The Morgan fingerprint density at radius 2 is 2.33 bits per heavy atom. The zero-order chi connectivity index (χ0) is 14.5. The minimum Gasteiger partial charge on any atom is -0.323 e. The molecule has 3 heterocycles. The molecule has 1 fully saturated rings. The van der Waals surface area contributed by atoms with Gasteiger partial charge in [-0.1, -0.05) is 0 Å². The Balaban J connectivity index is 1.68. The van der Waals surface area contributed by atoms with Crippen molar-refractivity contribution < 1.29 is 4.79 Å². The first-order chi connectivity index (χ1) is 10.3. The summed E-state index contributed by atoms with van der Waals surface area (Å²) in [6, 6.07) is 5.49. The highest BCUT2D eigenvalue weighted by Crippen LogP contribution is 2.27. The van der Waals surface area contributed by atoms with Crippen molar-refractivity contribution in [2.24, 2.45) is 0 Å². The second kappa shape index (κ2) is 7.00. The largest absolute Gasteiger partial charge is 0.323 e. The van der Waals surface area contributed by atoms with Crippen molar-refractivity contribution in [2.45, 2.75) is 11.7 Å². The van der Waals surface area contributed by atoms with Gasteiger partial charge < -0.3 is 5.32 Å². The Hall–Kier alpha value is -1.47. The fourth-order valence-corrected chi connectivity index (χ4v) is 4.81. The van der Waals surface area contributed by atoms with Crippen LogP contribution in [-0.4, -0.2) is 43.2 Å². The highest BCUT2D eigenvalue weighted by atomic mass is 32.2. The second-order valence-electron chi connectivity index (χ2n) is 4.65. The first-order valence-electron chi connectivity index (χ1n) is 6.77. The quantitative estimate of drug-likeness (QED) is 0.937. The van der Waals surface area contributed by atoms with Crippen molar-refractivity contribution >= 4 is 35.1 Å². The zero-order valence-corrected chi connectivity index (χ0v) is 13.1. The van der Waals surface area contributed by atoms with E-state index in [0.717, 1.165) is 11.5 Å². The first-order valence-corrected chi connectivity index (χ1v) is 8.97. The highest BCUT2D eigenvalue weighted by Gasteiger charge is 2.19. The van der Waals surface area contributed by atoms with Crippen molar-refractivity contribution in [2.75, 3.05) is 22.6 Å². The van der Waals surface area contributed by atoms with Crippen LogP contribution in [-0.2, 0) is 4.79 Å². The number of thioether (sulfide) groups is 2. The monoisotopic (exact) mass is 320 g/mol. The molecule has 2 aromatic heterocycles. The molecule has 0 bridgehead atoms. The normalized spacial score (nSPS) is 18.4. The predicted octanol–water partition coefficient (Wildman–Crippen LogP) is 2.44. The lowest BCUT2D eigenvalue weighted by Crippen LogP contribution is -2.23. The van der Waals surface area contributed by atoms with Crippen LogP contribution in [0.4, 0.5) is 5.69 Å². The van der Waals surface area contributed by atoms with E-state index in [-0.39, 0.29) is 5.91 Å². The lowest BCUT2D eigenvalue weighted by molar-refractivity contribution is -0.116. The molecule has 0 saturated carbocycles. The lowest BCUT2D eigenvalue weighted by atomic mass is 10.3. The third-order valence-electron chi connectivity index (χ3n) is 3.08. The van der Waals surface area contributed by atoms with Crippen LogP contribution >= 0.6 is 23.5 Å². The summed E-state index contributed by atoms with van der Waals surface area (Å²) in [6.45, 7) is 0. The zero-order valence-electron chi connectivity index (χ0n) is 11.4. The Labute approximate surface area is 131 Å². The Morgan fingerprint density at radius 1 is 1.38 bits per heavy atom. The number of pyridine rings is 1. The van der Waals surface area contributed by atoms with E-state index in [2.05, 4.69) is 15.4 Å². The van der Waals surface area contributed by atoms with Crippen LogP contribution in [0.3, 0.4) is 0 Å². The molecule has 1 aliphatic rings. The van der Waals surface area contributed by atoms with Crippen molar-refractivity contribution in [1.29, 1.82) is 0 Å². The molecular formula is C14H16N4OS2. The van der Waals surface area contributed by atoms with Gasteiger partial charge in [-0.05, 0) is 18.2 Å². The molecule has 0 aliphatic carbocycles. The van der Waals surface area contributed by atoms with Crippen molar-refractivity contribution in [3.63, 3.8) is 0 Å². The van der Waals surface area contributed by atoms with Gasteiger partial charge >= 0.3 is 0 Å². The summed E-state index contributed by atoms with van der Waals surface area (Å²) in [6.07, 6.45) is 5.74. The van der Waals surface area contributed by atoms with E-state index in [1.54, 1.807) is 17.1 Å². The minimum absolute atomic E-state index is 0.0383. The van der Waals surface area contributed by atoms with Crippen LogP contribution in [0.2, 0.25) is 0 Å². The number of nitrogens with zero attached hydrogens (tertiary/aromatic N) is 3. The summed E-state index contributed by atoms with van der Waals surface area (Å²) < 4.78 is 1.65. The van der Waals surface area contributed by atoms with Gasteiger partial charge in [-0.25, -0.2) is 9.67 Å². The molecule has 1 amide bonds. The summed E-state index contributed by atoms with van der Waals surface area (Å²) >= 11 is 3.81. The summed E-state index contributed by atoms with van der Waals surface area (Å²) in [5.74, 6) is 4.05. The molecule has 5 nitrogen and oxygen atoms in total. The van der Waals surface area contributed by atoms with Gasteiger partial charge in [0.2, 0.25) is 5.91 Å². The van der Waals surface area contributed by atoms with Gasteiger partial charge in [-0.2, -0.15) is 28.6 Å². The number of carbonyl (C=O) groups is 1. The summed E-state index contributed by atoms with van der Waals surface area (Å²) in [5, 5.41) is 7.54. The van der Waals surface area contributed by atoms with E-state index in [4.69, 9.17) is 0 Å². The molecule has 110 valence electrons. The molecule has 1 saturated heterocycles. The number of nitrogens with one attached hydrogen (secondary N) is 1. The third-order valence-corrected chi connectivity index (χ3v) is 5.93. The van der Waals surface area contributed by atoms with Gasteiger partial charge in [0, 0.05) is 47.5 Å². The molecule has 0 aromatic carbocycles. The lowest BCUT2D eigenvalue weighted by Gasteiger charge is -2.20. The smallest absolute Gasteiger partial charge is 0.225 e. The maximum absolute atomic E-state index is 12.2. The molecule has 2 aromatic rings. The Kier molecular flexibility index (Phi) is 4.82. The Morgan fingerprint density at radius 3 is 3.10 bits per heavy atom. The van der Waals surface area contributed by atoms with Crippen LogP contribution in [0.15, 0.2) is 36.8 Å². The van der Waals surface area contributed by atoms with Crippen LogP contribution in [0.25, 0.3) is 5.82 Å². The van der Waals surface area contributed by atoms with Crippen molar-refractivity contribution in [3.05, 3.63) is 36.8 Å². The summed E-state index contributed by atoms with van der Waals surface area (Å²) in [4.78, 5) is 16.5. The van der Waals surface area contributed by atoms with E-state index in [9.17, 15) is 4.79 Å². The van der Waals surface area contributed by atoms with Gasteiger partial charge in [0.15, 0.2) is 5.82 Å². The van der Waals surface area contributed by atoms with Crippen LogP contribution < -0.4 is 5.32 Å². The Bertz CT molecular complexity index is 597. The number of amides is 1. The maximum atomic E-state index is 12.2. The fourth-order valence-electron chi connectivity index (χ4n) is 2.13. The number of carbonyl (C=O) groups excluding carboxylic acids is 1. The van der Waals surface area contributed by atoms with Crippen LogP contribution in [0, 0.1) is 0 Å². The fraction of sp³-hybridized carbons (Fsp3) is 0.357. The van der Waals surface area contributed by atoms with Crippen LogP contribution in [0.5, 0.6) is 0 Å². The molecule has 3 rings (SSSR count). The van der Waals surface area contributed by atoms with Crippen LogP contribution in [0.1, 0.15) is 6.42 Å². The van der Waals surface area contributed by atoms with Gasteiger partial charge in [-0.15, -0.1) is 0 Å². The average molecular weight is 320 g/mol. The molecular weight excluding hydrogens is 304 g/mol. The molecule has 1 aliphatic heterocycles. The van der Waals surface area contributed by atoms with Gasteiger partial charge in [0.05, 0.1) is 5.69 Å². The van der Waals surface area contributed by atoms with E-state index in [1.807, 2.05) is 47.9 Å². The topological polar surface area (TPSA) is 59.8 Å². The average Bonchev–Trinajstić information content (AvgIpc) is 3.03. The molecule has 1 atom stereocenters. The van der Waals surface area contributed by atoms with E-state index < -0.39 is 0 Å². The second-order valence-corrected chi connectivity index (χ2v) is 7.20. The highest BCUT2D eigenvalue weighted by molar-refractivity contribution is 8.06. The molecule has 7 heteroatoms. The third kappa shape index (κ3) is 3.79. The van der Waals surface area contributed by atoms with E-state index in [0.29, 0.717) is 23.2 Å². The van der Waals surface area contributed by atoms with Gasteiger partial charge in [0.25, 0.3) is 0 Å². The van der Waals surface area contributed by atoms with E-state index in [1.165, 1.54) is 5.75 Å². The van der Waals surface area contributed by atoms with Crippen molar-refractivity contribution in [3.8, 4) is 5.82 Å². The predicted molar refractivity (Wildman–Crippen MR) is 88.2 cm³/mol. The van der Waals surface area contributed by atoms with Gasteiger partial charge in [0.1, 0.15) is 0 Å². The van der Waals surface area contributed by atoms with Gasteiger partial charge in [-0.3, -0.25) is 4.79 Å². The molecule has 0 radical (unpaired) electrons. The number of hydrogen-bond acceptors (Lipinski definition) is 5. The number of rotatable bonds is 4. The minimum atomic E-state index is 0.0383. The first kappa shape index (κ1) is 14.5. The number of anilines is 1. The summed E-state index contributed by atoms with van der Waals surface area (Å²) in [7, 11) is 0. The standard InChI is InChI=1S/C14H16N4OS2/c19-13(9-11-10-20-7-8-21-11)17-12-3-1-4-15-14(12)18-6-2-5-16-18/h1-6,11H,7-10H2,(H,17,19). The van der Waals surface area contributed by atoms with E-state index >= 15 is 0 Å². The number of aromatic nitrogens is 3. The molecule has 0 spiro atoms. The molecule has 1 unspecified atom stereocenters. The SMILES string of the molecule is O=C(CC1CSCCS1)Nc1cccnc1-n1cccn1.